The van der Waals surface area contributed by atoms with Gasteiger partial charge in [0, 0.05) is 16.7 Å². The molecule has 5 aromatic rings. The van der Waals surface area contributed by atoms with Crippen molar-refractivity contribution in [1.82, 2.24) is 9.38 Å². The molecule has 2 aromatic carbocycles. The summed E-state index contributed by atoms with van der Waals surface area (Å²) < 4.78 is 8.05. The Morgan fingerprint density at radius 3 is 2.81 bits per heavy atom. The second kappa shape index (κ2) is 6.23. The van der Waals surface area contributed by atoms with Crippen molar-refractivity contribution in [2.24, 2.45) is 0 Å². The van der Waals surface area contributed by atoms with Crippen LogP contribution in [-0.4, -0.2) is 9.38 Å². The molecule has 0 unspecified atom stereocenters. The van der Waals surface area contributed by atoms with E-state index in [1.165, 1.54) is 11.3 Å². The molecule has 0 saturated heterocycles. The van der Waals surface area contributed by atoms with Crippen molar-refractivity contribution in [3.63, 3.8) is 0 Å². The lowest BCUT2D eigenvalue weighted by molar-refractivity contribution is 0.571. The molecule has 7 heteroatoms. The molecular weight excluding hydrogens is 403 g/mol. The van der Waals surface area contributed by atoms with E-state index in [0.717, 1.165) is 11.0 Å². The average Bonchev–Trinajstić information content (AvgIpc) is 3.33. The lowest BCUT2D eigenvalue weighted by Gasteiger charge is -2.00. The van der Waals surface area contributed by atoms with Gasteiger partial charge in [0.1, 0.15) is 16.1 Å². The first-order chi connectivity index (χ1) is 13.1. The van der Waals surface area contributed by atoms with Gasteiger partial charge in [0.15, 0.2) is 4.96 Å². The lowest BCUT2D eigenvalue weighted by atomic mass is 10.2. The lowest BCUT2D eigenvalue weighted by Crippen LogP contribution is -2.22. The van der Waals surface area contributed by atoms with Crippen LogP contribution in [0.15, 0.2) is 63.8 Å². The molecule has 0 atom stereocenters. The third kappa shape index (κ3) is 2.75. The molecule has 4 nitrogen and oxygen atoms in total. The number of aromatic nitrogens is 2. The molecule has 132 valence electrons. The first-order valence-corrected chi connectivity index (χ1v) is 9.64. The summed E-state index contributed by atoms with van der Waals surface area (Å²) >= 11 is 13.6. The third-order valence-electron chi connectivity index (χ3n) is 4.24. The molecule has 0 aliphatic carbocycles. The van der Waals surface area contributed by atoms with Crippen molar-refractivity contribution in [3.05, 3.63) is 85.3 Å². The van der Waals surface area contributed by atoms with Crippen LogP contribution in [0.25, 0.3) is 33.4 Å². The van der Waals surface area contributed by atoms with Crippen molar-refractivity contribution >= 4 is 56.6 Å². The summed E-state index contributed by atoms with van der Waals surface area (Å²) in [6, 6.07) is 16.4. The number of furan rings is 1. The molecule has 3 aromatic heterocycles. The summed E-state index contributed by atoms with van der Waals surface area (Å²) in [4.78, 5) is 18.0. The minimum atomic E-state index is -0.109. The van der Waals surface area contributed by atoms with Crippen LogP contribution in [0.5, 0.6) is 0 Å². The van der Waals surface area contributed by atoms with Gasteiger partial charge in [-0.1, -0.05) is 46.7 Å². The van der Waals surface area contributed by atoms with Gasteiger partial charge in [0.25, 0.3) is 5.56 Å². The number of rotatable bonds is 2. The molecule has 5 rings (SSSR count). The van der Waals surface area contributed by atoms with Crippen molar-refractivity contribution in [2.45, 2.75) is 0 Å². The number of thiazole rings is 1. The minimum Gasteiger partial charge on any atom is -0.457 e. The van der Waals surface area contributed by atoms with Gasteiger partial charge < -0.3 is 4.42 Å². The van der Waals surface area contributed by atoms with Gasteiger partial charge in [-0.15, -0.1) is 0 Å². The van der Waals surface area contributed by atoms with Gasteiger partial charge in [-0.25, -0.2) is 9.38 Å². The summed E-state index contributed by atoms with van der Waals surface area (Å²) in [6.07, 6.45) is 1.72. The summed E-state index contributed by atoms with van der Waals surface area (Å²) in [6.45, 7) is 0. The van der Waals surface area contributed by atoms with E-state index < -0.39 is 0 Å². The predicted octanol–water partition coefficient (Wildman–Crippen LogP) is 5.02. The van der Waals surface area contributed by atoms with Crippen LogP contribution >= 0.6 is 34.5 Å². The Kier molecular flexibility index (Phi) is 3.82. The molecule has 0 N–H and O–H groups in total. The van der Waals surface area contributed by atoms with E-state index in [2.05, 4.69) is 4.98 Å². The van der Waals surface area contributed by atoms with E-state index in [4.69, 9.17) is 27.6 Å². The summed E-state index contributed by atoms with van der Waals surface area (Å²) in [5.41, 5.74) is 2.21. The highest BCUT2D eigenvalue weighted by atomic mass is 35.5. The fourth-order valence-electron chi connectivity index (χ4n) is 3.00. The highest BCUT2D eigenvalue weighted by molar-refractivity contribution is 7.15. The monoisotopic (exact) mass is 412 g/mol. The average molecular weight is 413 g/mol. The predicted molar refractivity (Wildman–Crippen MR) is 110 cm³/mol. The Morgan fingerprint density at radius 2 is 1.93 bits per heavy atom. The SMILES string of the molecule is O=c1c(=Cc2ccc(-c3cc(Cl)ccc3Cl)o2)sc2nc3ccccc3n12. The zero-order valence-corrected chi connectivity index (χ0v) is 16.0. The van der Waals surface area contributed by atoms with Crippen LogP contribution in [0.4, 0.5) is 0 Å². The first kappa shape index (κ1) is 16.6. The minimum absolute atomic E-state index is 0.109. The zero-order valence-electron chi connectivity index (χ0n) is 13.6. The van der Waals surface area contributed by atoms with E-state index in [1.807, 2.05) is 30.3 Å². The summed E-state index contributed by atoms with van der Waals surface area (Å²) in [7, 11) is 0. The Balaban J connectivity index is 1.63. The highest BCUT2D eigenvalue weighted by Crippen LogP contribution is 2.32. The molecule has 0 aliphatic heterocycles. The molecule has 0 saturated carbocycles. The van der Waals surface area contributed by atoms with Gasteiger partial charge in [0.05, 0.1) is 16.1 Å². The van der Waals surface area contributed by atoms with E-state index >= 15 is 0 Å². The van der Waals surface area contributed by atoms with E-state index in [-0.39, 0.29) is 5.56 Å². The summed E-state index contributed by atoms with van der Waals surface area (Å²) in [5, 5.41) is 1.12. The number of fused-ring (bicyclic) bond motifs is 3. The van der Waals surface area contributed by atoms with E-state index in [9.17, 15) is 4.79 Å². The first-order valence-electron chi connectivity index (χ1n) is 8.07. The molecule has 0 aliphatic rings. The normalized spacial score (nSPS) is 12.4. The number of hydrogen-bond donors (Lipinski definition) is 0. The Labute approximate surface area is 166 Å². The Morgan fingerprint density at radius 1 is 1.07 bits per heavy atom. The van der Waals surface area contributed by atoms with Gasteiger partial charge in [-0.05, 0) is 42.5 Å². The molecule has 27 heavy (non-hydrogen) atoms. The number of para-hydroxylation sites is 2. The molecule has 0 amide bonds. The molecule has 0 fully saturated rings. The molecular formula is C20H10Cl2N2O2S. The fourth-order valence-corrected chi connectivity index (χ4v) is 4.35. The highest BCUT2D eigenvalue weighted by Gasteiger charge is 2.12. The van der Waals surface area contributed by atoms with Crippen molar-refractivity contribution in [3.8, 4) is 11.3 Å². The van der Waals surface area contributed by atoms with Crippen molar-refractivity contribution < 1.29 is 4.42 Å². The number of imidazole rings is 1. The maximum absolute atomic E-state index is 12.8. The van der Waals surface area contributed by atoms with Crippen LogP contribution < -0.4 is 10.1 Å². The van der Waals surface area contributed by atoms with Gasteiger partial charge in [-0.2, -0.15) is 0 Å². The number of nitrogens with zero attached hydrogens (tertiary/aromatic N) is 2. The molecule has 0 bridgehead atoms. The Hall–Kier alpha value is -2.60. The topological polar surface area (TPSA) is 47.5 Å². The van der Waals surface area contributed by atoms with Gasteiger partial charge >= 0.3 is 0 Å². The quantitative estimate of drug-likeness (QED) is 0.408. The van der Waals surface area contributed by atoms with Gasteiger partial charge in [-0.3, -0.25) is 4.79 Å². The molecule has 0 radical (unpaired) electrons. The zero-order chi connectivity index (χ0) is 18.5. The second-order valence-electron chi connectivity index (χ2n) is 5.96. The molecule has 3 heterocycles. The largest absolute Gasteiger partial charge is 0.457 e. The van der Waals surface area contributed by atoms with Crippen molar-refractivity contribution in [2.75, 3.05) is 0 Å². The smallest absolute Gasteiger partial charge is 0.275 e. The van der Waals surface area contributed by atoms with Crippen LogP contribution in [0.1, 0.15) is 5.76 Å². The van der Waals surface area contributed by atoms with Gasteiger partial charge in [0.2, 0.25) is 0 Å². The third-order valence-corrected chi connectivity index (χ3v) is 5.77. The number of halogens is 2. The summed E-state index contributed by atoms with van der Waals surface area (Å²) in [5.74, 6) is 1.15. The van der Waals surface area contributed by atoms with Crippen LogP contribution in [-0.2, 0) is 0 Å². The van der Waals surface area contributed by atoms with E-state index in [1.54, 1.807) is 34.7 Å². The number of hydrogen-bond acceptors (Lipinski definition) is 4. The maximum atomic E-state index is 12.8. The fraction of sp³-hybridized carbons (Fsp3) is 0. The van der Waals surface area contributed by atoms with Crippen molar-refractivity contribution in [1.29, 1.82) is 0 Å². The second-order valence-corrected chi connectivity index (χ2v) is 7.81. The standard InChI is InChI=1S/C20H10Cl2N2O2S/c21-11-5-7-14(22)13(9-11)17-8-6-12(26-17)10-18-19(25)24-16-4-2-1-3-15(16)23-20(24)27-18/h1-10H. The maximum Gasteiger partial charge on any atom is 0.275 e. The van der Waals surface area contributed by atoms with Crippen LogP contribution in [0.2, 0.25) is 10.0 Å². The number of benzene rings is 2. The molecule has 0 spiro atoms. The van der Waals surface area contributed by atoms with Crippen LogP contribution in [0, 0.1) is 0 Å². The van der Waals surface area contributed by atoms with E-state index in [0.29, 0.717) is 36.6 Å². The van der Waals surface area contributed by atoms with Crippen LogP contribution in [0.3, 0.4) is 0 Å². The Bertz CT molecular complexity index is 1430.